The van der Waals surface area contributed by atoms with Crippen molar-refractivity contribution >= 4 is 0 Å². The number of nitrogens with zero attached hydrogens (tertiary/aromatic N) is 1. The van der Waals surface area contributed by atoms with Crippen LogP contribution in [0.25, 0.3) is 0 Å². The third-order valence-electron chi connectivity index (χ3n) is 3.24. The van der Waals surface area contributed by atoms with E-state index in [4.69, 9.17) is 4.74 Å². The highest BCUT2D eigenvalue weighted by Crippen LogP contribution is 2.25. The predicted octanol–water partition coefficient (Wildman–Crippen LogP) is 3.29. The number of nitrogens with one attached hydrogen (secondary N) is 1. The van der Waals surface area contributed by atoms with E-state index in [1.54, 1.807) is 0 Å². The Morgan fingerprint density at radius 1 is 1.33 bits per heavy atom. The van der Waals surface area contributed by atoms with Gasteiger partial charge in [-0.2, -0.15) is 0 Å². The third kappa shape index (κ3) is 3.98. The van der Waals surface area contributed by atoms with Crippen molar-refractivity contribution < 1.29 is 4.74 Å². The van der Waals surface area contributed by atoms with Gasteiger partial charge in [0.05, 0.1) is 0 Å². The summed E-state index contributed by atoms with van der Waals surface area (Å²) in [5, 5.41) is 3.48. The lowest BCUT2D eigenvalue weighted by atomic mass is 10.1. The SMILES string of the molecule is CC(C)(C)NCc1cccnc1OC1CCCC1. The molecule has 0 aromatic carbocycles. The van der Waals surface area contributed by atoms with Gasteiger partial charge in [0, 0.05) is 23.8 Å². The molecule has 3 nitrogen and oxygen atoms in total. The van der Waals surface area contributed by atoms with Gasteiger partial charge in [-0.1, -0.05) is 6.07 Å². The quantitative estimate of drug-likeness (QED) is 0.887. The molecule has 1 aliphatic rings. The van der Waals surface area contributed by atoms with Crippen LogP contribution in [-0.4, -0.2) is 16.6 Å². The topological polar surface area (TPSA) is 34.2 Å². The van der Waals surface area contributed by atoms with Crippen LogP contribution in [0.2, 0.25) is 0 Å². The normalized spacial score (nSPS) is 17.1. The van der Waals surface area contributed by atoms with Crippen molar-refractivity contribution in [2.24, 2.45) is 0 Å². The molecule has 3 heteroatoms. The smallest absolute Gasteiger partial charge is 0.218 e. The summed E-state index contributed by atoms with van der Waals surface area (Å²) in [6, 6.07) is 4.07. The van der Waals surface area contributed by atoms with Crippen LogP contribution in [0.5, 0.6) is 5.88 Å². The molecule has 1 fully saturated rings. The van der Waals surface area contributed by atoms with E-state index in [2.05, 4.69) is 37.1 Å². The first-order chi connectivity index (χ1) is 8.54. The van der Waals surface area contributed by atoms with Crippen LogP contribution in [0, 0.1) is 0 Å². The zero-order valence-corrected chi connectivity index (χ0v) is 11.7. The summed E-state index contributed by atoms with van der Waals surface area (Å²) in [6.07, 6.45) is 7.09. The molecule has 0 saturated heterocycles. The Hall–Kier alpha value is -1.09. The second kappa shape index (κ2) is 5.70. The van der Waals surface area contributed by atoms with Crippen molar-refractivity contribution in [3.05, 3.63) is 23.9 Å². The average molecular weight is 248 g/mol. The van der Waals surface area contributed by atoms with Gasteiger partial charge < -0.3 is 10.1 Å². The Morgan fingerprint density at radius 3 is 2.72 bits per heavy atom. The molecule has 1 aromatic heterocycles. The minimum atomic E-state index is 0.112. The van der Waals surface area contributed by atoms with Gasteiger partial charge in [-0.25, -0.2) is 4.98 Å². The fraction of sp³-hybridized carbons (Fsp3) is 0.667. The van der Waals surface area contributed by atoms with E-state index in [9.17, 15) is 0 Å². The van der Waals surface area contributed by atoms with Crippen molar-refractivity contribution in [2.45, 2.75) is 64.6 Å². The van der Waals surface area contributed by atoms with Gasteiger partial charge in [0.25, 0.3) is 0 Å². The lowest BCUT2D eigenvalue weighted by Crippen LogP contribution is -2.35. The molecule has 1 aliphatic carbocycles. The maximum absolute atomic E-state index is 6.02. The maximum atomic E-state index is 6.02. The second-order valence-corrected chi connectivity index (χ2v) is 6.10. The fourth-order valence-electron chi connectivity index (χ4n) is 2.19. The zero-order chi connectivity index (χ0) is 13.0. The minimum absolute atomic E-state index is 0.112. The maximum Gasteiger partial charge on any atom is 0.218 e. The first-order valence-corrected chi connectivity index (χ1v) is 6.90. The van der Waals surface area contributed by atoms with Crippen LogP contribution < -0.4 is 10.1 Å². The highest BCUT2D eigenvalue weighted by atomic mass is 16.5. The molecular weight excluding hydrogens is 224 g/mol. The van der Waals surface area contributed by atoms with E-state index in [-0.39, 0.29) is 5.54 Å². The lowest BCUT2D eigenvalue weighted by Gasteiger charge is -2.22. The van der Waals surface area contributed by atoms with Gasteiger partial charge >= 0.3 is 0 Å². The second-order valence-electron chi connectivity index (χ2n) is 6.10. The molecule has 18 heavy (non-hydrogen) atoms. The van der Waals surface area contributed by atoms with E-state index in [1.165, 1.54) is 25.7 Å². The number of ether oxygens (including phenoxy) is 1. The first kappa shape index (κ1) is 13.3. The Labute approximate surface area is 110 Å². The molecule has 0 radical (unpaired) electrons. The predicted molar refractivity (Wildman–Crippen MR) is 73.7 cm³/mol. The van der Waals surface area contributed by atoms with Gasteiger partial charge in [0.2, 0.25) is 5.88 Å². The summed E-state index contributed by atoms with van der Waals surface area (Å²) in [5.74, 6) is 0.807. The van der Waals surface area contributed by atoms with E-state index >= 15 is 0 Å². The van der Waals surface area contributed by atoms with E-state index in [0.717, 1.165) is 18.0 Å². The number of hydrogen-bond donors (Lipinski definition) is 1. The van der Waals surface area contributed by atoms with E-state index in [0.29, 0.717) is 6.10 Å². The summed E-state index contributed by atoms with van der Waals surface area (Å²) >= 11 is 0. The Bertz CT molecular complexity index is 378. The van der Waals surface area contributed by atoms with Crippen LogP contribution in [-0.2, 0) is 6.54 Å². The monoisotopic (exact) mass is 248 g/mol. The Kier molecular flexibility index (Phi) is 4.23. The number of rotatable bonds is 4. The first-order valence-electron chi connectivity index (χ1n) is 6.90. The molecule has 100 valence electrons. The summed E-state index contributed by atoms with van der Waals surface area (Å²) < 4.78 is 6.02. The minimum Gasteiger partial charge on any atom is -0.474 e. The van der Waals surface area contributed by atoms with Crippen LogP contribution in [0.1, 0.15) is 52.0 Å². The van der Waals surface area contributed by atoms with Crippen molar-refractivity contribution in [1.29, 1.82) is 0 Å². The summed E-state index contributed by atoms with van der Waals surface area (Å²) in [6.45, 7) is 7.31. The molecule has 0 amide bonds. The fourth-order valence-corrected chi connectivity index (χ4v) is 2.19. The van der Waals surface area contributed by atoms with E-state index in [1.807, 2.05) is 12.3 Å². The van der Waals surface area contributed by atoms with Gasteiger partial charge in [-0.3, -0.25) is 0 Å². The molecular formula is C15H24N2O. The highest BCUT2D eigenvalue weighted by molar-refractivity contribution is 5.25. The zero-order valence-electron chi connectivity index (χ0n) is 11.7. The van der Waals surface area contributed by atoms with Gasteiger partial charge in [-0.15, -0.1) is 0 Å². The third-order valence-corrected chi connectivity index (χ3v) is 3.24. The molecule has 0 unspecified atom stereocenters. The van der Waals surface area contributed by atoms with E-state index < -0.39 is 0 Å². The number of pyridine rings is 1. The molecule has 0 spiro atoms. The summed E-state index contributed by atoms with van der Waals surface area (Å²) in [7, 11) is 0. The van der Waals surface area contributed by atoms with Crippen LogP contribution >= 0.6 is 0 Å². The Morgan fingerprint density at radius 2 is 2.06 bits per heavy atom. The van der Waals surface area contributed by atoms with Crippen LogP contribution in [0.3, 0.4) is 0 Å². The molecule has 1 saturated carbocycles. The van der Waals surface area contributed by atoms with Crippen molar-refractivity contribution in [3.63, 3.8) is 0 Å². The molecule has 1 heterocycles. The lowest BCUT2D eigenvalue weighted by molar-refractivity contribution is 0.198. The molecule has 2 rings (SSSR count). The molecule has 0 bridgehead atoms. The molecule has 1 aromatic rings. The average Bonchev–Trinajstić information content (AvgIpc) is 2.80. The van der Waals surface area contributed by atoms with Crippen molar-refractivity contribution in [1.82, 2.24) is 10.3 Å². The van der Waals surface area contributed by atoms with Gasteiger partial charge in [0.1, 0.15) is 6.10 Å². The largest absolute Gasteiger partial charge is 0.474 e. The van der Waals surface area contributed by atoms with Crippen molar-refractivity contribution in [3.8, 4) is 5.88 Å². The van der Waals surface area contributed by atoms with Gasteiger partial charge in [-0.05, 0) is 52.5 Å². The molecule has 0 atom stereocenters. The van der Waals surface area contributed by atoms with Crippen molar-refractivity contribution in [2.75, 3.05) is 0 Å². The number of hydrogen-bond acceptors (Lipinski definition) is 3. The van der Waals surface area contributed by atoms with Crippen LogP contribution in [0.4, 0.5) is 0 Å². The highest BCUT2D eigenvalue weighted by Gasteiger charge is 2.19. The molecule has 0 aliphatic heterocycles. The number of aromatic nitrogens is 1. The Balaban J connectivity index is 2.00. The van der Waals surface area contributed by atoms with Gasteiger partial charge in [0.15, 0.2) is 0 Å². The standard InChI is InChI=1S/C15H24N2O/c1-15(2,3)17-11-12-7-6-10-16-14(12)18-13-8-4-5-9-13/h6-7,10,13,17H,4-5,8-9,11H2,1-3H3. The molecule has 1 N–H and O–H groups in total. The van der Waals surface area contributed by atoms with Crippen LogP contribution in [0.15, 0.2) is 18.3 Å². The summed E-state index contributed by atoms with van der Waals surface area (Å²) in [4.78, 5) is 4.38. The summed E-state index contributed by atoms with van der Waals surface area (Å²) in [5.41, 5.74) is 1.26.